The van der Waals surface area contributed by atoms with Crippen LogP contribution in [0.5, 0.6) is 5.75 Å². The lowest BCUT2D eigenvalue weighted by atomic mass is 10.0. The molecule has 1 heterocycles. The average Bonchev–Trinajstić information content (AvgIpc) is 2.77. The summed E-state index contributed by atoms with van der Waals surface area (Å²) in [6.45, 7) is 9.21. The van der Waals surface area contributed by atoms with Gasteiger partial charge in [0.1, 0.15) is 5.75 Å². The zero-order valence-corrected chi connectivity index (χ0v) is 18.7. The van der Waals surface area contributed by atoms with E-state index in [2.05, 4.69) is 50.0 Å². The second kappa shape index (κ2) is 14.2. The fraction of sp³-hybridized carbons (Fsp3) is 0.577. The molecule has 0 aliphatic carbocycles. The summed E-state index contributed by atoms with van der Waals surface area (Å²) in [4.78, 5) is 4.63. The molecule has 3 nitrogen and oxygen atoms in total. The first-order valence-corrected chi connectivity index (χ1v) is 11.5. The van der Waals surface area contributed by atoms with Gasteiger partial charge in [0, 0.05) is 18.4 Å². The van der Waals surface area contributed by atoms with Gasteiger partial charge in [-0.2, -0.15) is 0 Å². The highest BCUT2D eigenvalue weighted by atomic mass is 16.5. The van der Waals surface area contributed by atoms with Gasteiger partial charge in [0.25, 0.3) is 0 Å². The largest absolute Gasteiger partial charge is 0.494 e. The summed E-state index contributed by atoms with van der Waals surface area (Å²) in [5, 5.41) is 0. The Kier molecular flexibility index (Phi) is 11.4. The molecule has 160 valence electrons. The maximum atomic E-state index is 5.86. The Morgan fingerprint density at radius 2 is 1.69 bits per heavy atom. The molecular formula is C26H39NO2. The molecule has 0 aliphatic rings. The smallest absolute Gasteiger partial charge is 0.119 e. The molecule has 1 unspecified atom stereocenters. The van der Waals surface area contributed by atoms with E-state index in [1.165, 1.54) is 44.1 Å². The van der Waals surface area contributed by atoms with Gasteiger partial charge in [0.15, 0.2) is 0 Å². The van der Waals surface area contributed by atoms with Crippen LogP contribution in [-0.2, 0) is 11.2 Å². The Balaban J connectivity index is 1.70. The van der Waals surface area contributed by atoms with E-state index in [4.69, 9.17) is 9.47 Å². The predicted molar refractivity (Wildman–Crippen MR) is 123 cm³/mol. The molecule has 0 fully saturated rings. The lowest BCUT2D eigenvalue weighted by molar-refractivity contribution is 0.133. The first kappa shape index (κ1) is 23.4. The maximum Gasteiger partial charge on any atom is 0.119 e. The van der Waals surface area contributed by atoms with Crippen molar-refractivity contribution in [3.8, 4) is 17.0 Å². The van der Waals surface area contributed by atoms with Crippen molar-refractivity contribution in [2.75, 3.05) is 19.8 Å². The number of benzene rings is 1. The Bertz CT molecular complexity index is 651. The van der Waals surface area contributed by atoms with Crippen LogP contribution in [0, 0.1) is 5.92 Å². The molecule has 2 aromatic rings. The molecule has 0 bridgehead atoms. The molecule has 3 heteroatoms. The minimum absolute atomic E-state index is 0.774. The topological polar surface area (TPSA) is 31.4 Å². The van der Waals surface area contributed by atoms with Gasteiger partial charge in [0.05, 0.1) is 18.9 Å². The molecule has 2 rings (SSSR count). The Hall–Kier alpha value is -1.87. The van der Waals surface area contributed by atoms with Gasteiger partial charge in [-0.15, -0.1) is 0 Å². The molecule has 1 atom stereocenters. The van der Waals surface area contributed by atoms with E-state index in [0.29, 0.717) is 0 Å². The van der Waals surface area contributed by atoms with Gasteiger partial charge in [0.2, 0.25) is 0 Å². The fourth-order valence-electron chi connectivity index (χ4n) is 3.21. The molecule has 0 saturated heterocycles. The van der Waals surface area contributed by atoms with Crippen molar-refractivity contribution in [1.29, 1.82) is 0 Å². The SMILES string of the molecule is CCCCCCOCCc1ccc(-c2ccc(OCCCC(C)CC)cc2)nc1. The minimum Gasteiger partial charge on any atom is -0.494 e. The fourth-order valence-corrected chi connectivity index (χ4v) is 3.21. The highest BCUT2D eigenvalue weighted by Crippen LogP contribution is 2.21. The zero-order valence-electron chi connectivity index (χ0n) is 18.7. The van der Waals surface area contributed by atoms with Gasteiger partial charge in [-0.05, 0) is 67.5 Å². The third-order valence-electron chi connectivity index (χ3n) is 5.46. The zero-order chi connectivity index (χ0) is 20.7. The number of pyridine rings is 1. The van der Waals surface area contributed by atoms with Gasteiger partial charge in [-0.25, -0.2) is 0 Å². The first-order valence-electron chi connectivity index (χ1n) is 11.5. The second-order valence-electron chi connectivity index (χ2n) is 8.00. The average molecular weight is 398 g/mol. The van der Waals surface area contributed by atoms with Crippen LogP contribution in [-0.4, -0.2) is 24.8 Å². The number of nitrogens with zero attached hydrogens (tertiary/aromatic N) is 1. The number of ether oxygens (including phenoxy) is 2. The molecule has 0 saturated carbocycles. The van der Waals surface area contributed by atoms with E-state index in [1.54, 1.807) is 0 Å². The predicted octanol–water partition coefficient (Wildman–Crippen LogP) is 7.09. The lowest BCUT2D eigenvalue weighted by Gasteiger charge is -2.10. The quantitative estimate of drug-likeness (QED) is 0.301. The van der Waals surface area contributed by atoms with Crippen LogP contribution in [0.1, 0.15) is 71.3 Å². The summed E-state index contributed by atoms with van der Waals surface area (Å²) in [7, 11) is 0. The van der Waals surface area contributed by atoms with Gasteiger partial charge < -0.3 is 9.47 Å². The Morgan fingerprint density at radius 3 is 2.38 bits per heavy atom. The second-order valence-corrected chi connectivity index (χ2v) is 8.00. The van der Waals surface area contributed by atoms with Crippen molar-refractivity contribution in [2.24, 2.45) is 5.92 Å². The summed E-state index contributed by atoms with van der Waals surface area (Å²) in [5.74, 6) is 1.72. The van der Waals surface area contributed by atoms with Crippen LogP contribution in [0.15, 0.2) is 42.6 Å². The molecule has 0 spiro atoms. The van der Waals surface area contributed by atoms with Crippen LogP contribution in [0.3, 0.4) is 0 Å². The molecule has 1 aromatic heterocycles. The highest BCUT2D eigenvalue weighted by molar-refractivity contribution is 5.60. The number of unbranched alkanes of at least 4 members (excludes halogenated alkanes) is 3. The number of hydrogen-bond acceptors (Lipinski definition) is 3. The number of hydrogen-bond donors (Lipinski definition) is 0. The third-order valence-corrected chi connectivity index (χ3v) is 5.46. The van der Waals surface area contributed by atoms with E-state index < -0.39 is 0 Å². The normalized spacial score (nSPS) is 12.1. The third kappa shape index (κ3) is 9.45. The molecular weight excluding hydrogens is 358 g/mol. The lowest BCUT2D eigenvalue weighted by Crippen LogP contribution is -2.01. The molecule has 29 heavy (non-hydrogen) atoms. The standard InChI is InChI=1S/C26H39NO2/c1-4-6-7-8-18-28-20-17-23-11-16-26(27-21-23)24-12-14-25(15-13-24)29-19-9-10-22(3)5-2/h11-16,21-22H,4-10,17-20H2,1-3H3. The van der Waals surface area contributed by atoms with Crippen molar-refractivity contribution < 1.29 is 9.47 Å². The van der Waals surface area contributed by atoms with E-state index in [9.17, 15) is 0 Å². The molecule has 0 aliphatic heterocycles. The first-order chi connectivity index (χ1) is 14.2. The Morgan fingerprint density at radius 1 is 0.862 bits per heavy atom. The maximum absolute atomic E-state index is 5.86. The van der Waals surface area contributed by atoms with E-state index >= 15 is 0 Å². The van der Waals surface area contributed by atoms with Gasteiger partial charge in [-0.1, -0.05) is 52.5 Å². The van der Waals surface area contributed by atoms with Gasteiger partial charge >= 0.3 is 0 Å². The Labute approximate surface area is 177 Å². The van der Waals surface area contributed by atoms with Crippen LogP contribution < -0.4 is 4.74 Å². The summed E-state index contributed by atoms with van der Waals surface area (Å²) < 4.78 is 11.6. The summed E-state index contributed by atoms with van der Waals surface area (Å²) in [5.41, 5.74) is 3.34. The van der Waals surface area contributed by atoms with Crippen LogP contribution in [0.2, 0.25) is 0 Å². The van der Waals surface area contributed by atoms with Crippen molar-refractivity contribution in [3.05, 3.63) is 48.2 Å². The van der Waals surface area contributed by atoms with Crippen molar-refractivity contribution >= 4 is 0 Å². The van der Waals surface area contributed by atoms with Crippen molar-refractivity contribution in [3.63, 3.8) is 0 Å². The minimum atomic E-state index is 0.774. The monoisotopic (exact) mass is 397 g/mol. The van der Waals surface area contributed by atoms with E-state index in [1.807, 2.05) is 18.3 Å². The molecule has 0 N–H and O–H groups in total. The van der Waals surface area contributed by atoms with E-state index in [0.717, 1.165) is 55.6 Å². The highest BCUT2D eigenvalue weighted by Gasteiger charge is 2.03. The van der Waals surface area contributed by atoms with Crippen molar-refractivity contribution in [2.45, 2.75) is 72.1 Å². The summed E-state index contributed by atoms with van der Waals surface area (Å²) in [6.07, 6.45) is 11.5. The van der Waals surface area contributed by atoms with E-state index in [-0.39, 0.29) is 0 Å². The summed E-state index contributed by atoms with van der Waals surface area (Å²) >= 11 is 0. The van der Waals surface area contributed by atoms with Crippen LogP contribution in [0.4, 0.5) is 0 Å². The number of aromatic nitrogens is 1. The number of rotatable bonds is 15. The molecule has 1 aromatic carbocycles. The molecule has 0 amide bonds. The van der Waals surface area contributed by atoms with Crippen LogP contribution in [0.25, 0.3) is 11.3 Å². The van der Waals surface area contributed by atoms with Crippen molar-refractivity contribution in [1.82, 2.24) is 4.98 Å². The van der Waals surface area contributed by atoms with Gasteiger partial charge in [-0.3, -0.25) is 4.98 Å². The summed E-state index contributed by atoms with van der Waals surface area (Å²) in [6, 6.07) is 12.5. The molecule has 0 radical (unpaired) electrons. The van der Waals surface area contributed by atoms with Crippen LogP contribution >= 0.6 is 0 Å².